The molecule has 0 radical (unpaired) electrons. The van der Waals surface area contributed by atoms with Crippen molar-refractivity contribution >= 4 is 36.9 Å². The van der Waals surface area contributed by atoms with Gasteiger partial charge in [-0.2, -0.15) is 0 Å². The maximum Gasteiger partial charge on any atom is 0.264 e. The number of aromatic nitrogens is 2. The number of nitrogens with zero attached hydrogens (tertiary/aromatic N) is 2. The Hall–Kier alpha value is -3.54. The molecule has 4 aromatic rings. The second-order valence-corrected chi connectivity index (χ2v) is 10.8. The molecule has 176 valence electrons. The monoisotopic (exact) mass is 498 g/mol. The van der Waals surface area contributed by atoms with Gasteiger partial charge in [-0.15, -0.1) is 0 Å². The van der Waals surface area contributed by atoms with Gasteiger partial charge in [0.2, 0.25) is 15.8 Å². The minimum Gasteiger partial charge on any atom is -0.436 e. The van der Waals surface area contributed by atoms with Gasteiger partial charge < -0.3 is 4.74 Å². The van der Waals surface area contributed by atoms with E-state index in [9.17, 15) is 16.8 Å². The number of sulfonamides is 2. The molecule has 0 atom stereocenters. The van der Waals surface area contributed by atoms with Gasteiger partial charge in [0, 0.05) is 6.54 Å². The Morgan fingerprint density at radius 2 is 1.32 bits per heavy atom. The van der Waals surface area contributed by atoms with Crippen LogP contribution in [0.3, 0.4) is 0 Å². The molecule has 0 unspecified atom stereocenters. The van der Waals surface area contributed by atoms with Crippen molar-refractivity contribution in [2.45, 2.75) is 23.6 Å². The molecular weight excluding hydrogens is 476 g/mol. The summed E-state index contributed by atoms with van der Waals surface area (Å²) in [4.78, 5) is 8.96. The summed E-state index contributed by atoms with van der Waals surface area (Å²) in [6, 6.07) is 19.0. The number of rotatable bonds is 8. The number of benzene rings is 3. The van der Waals surface area contributed by atoms with Crippen molar-refractivity contribution in [3.8, 4) is 11.6 Å². The van der Waals surface area contributed by atoms with Crippen LogP contribution in [0, 0.1) is 6.92 Å². The molecule has 0 amide bonds. The van der Waals surface area contributed by atoms with Crippen LogP contribution in [0.5, 0.6) is 11.6 Å². The first-order valence-corrected chi connectivity index (χ1v) is 13.3. The van der Waals surface area contributed by atoms with Crippen molar-refractivity contribution in [2.75, 3.05) is 11.3 Å². The van der Waals surface area contributed by atoms with E-state index in [-0.39, 0.29) is 33.8 Å². The molecule has 0 aliphatic rings. The molecule has 0 bridgehead atoms. The smallest absolute Gasteiger partial charge is 0.264 e. The quantitative estimate of drug-likeness (QED) is 0.378. The Morgan fingerprint density at radius 3 is 1.94 bits per heavy atom. The molecule has 1 heterocycles. The van der Waals surface area contributed by atoms with Crippen LogP contribution in [0.15, 0.2) is 82.6 Å². The highest BCUT2D eigenvalue weighted by atomic mass is 32.2. The van der Waals surface area contributed by atoms with E-state index in [0.29, 0.717) is 11.0 Å². The molecule has 9 nitrogen and oxygen atoms in total. The van der Waals surface area contributed by atoms with Gasteiger partial charge in [-0.25, -0.2) is 31.5 Å². The Labute approximate surface area is 197 Å². The zero-order valence-corrected chi connectivity index (χ0v) is 20.0. The Morgan fingerprint density at radius 1 is 0.765 bits per heavy atom. The topological polar surface area (TPSA) is 127 Å². The summed E-state index contributed by atoms with van der Waals surface area (Å²) >= 11 is 0. The molecule has 11 heteroatoms. The Kier molecular flexibility index (Phi) is 6.51. The fourth-order valence-electron chi connectivity index (χ4n) is 3.10. The van der Waals surface area contributed by atoms with Crippen LogP contribution < -0.4 is 14.2 Å². The summed E-state index contributed by atoms with van der Waals surface area (Å²) in [6.07, 6.45) is 0. The standard InChI is InChI=1S/C23H22N4O5S2/c1-3-24-33(28,29)18-14-10-17(11-15-18)32-23-22(25-20-6-4-5-7-21(20)26-23)27-34(30,31)19-12-8-16(2)9-13-19/h4-15,24H,3H2,1-2H3,(H,25,27). The molecule has 34 heavy (non-hydrogen) atoms. The molecule has 0 fully saturated rings. The van der Waals surface area contributed by atoms with Crippen molar-refractivity contribution in [3.63, 3.8) is 0 Å². The van der Waals surface area contributed by atoms with Crippen molar-refractivity contribution in [2.24, 2.45) is 0 Å². The summed E-state index contributed by atoms with van der Waals surface area (Å²) < 4.78 is 61.0. The number of para-hydroxylation sites is 2. The minimum atomic E-state index is -3.97. The number of hydrogen-bond acceptors (Lipinski definition) is 7. The number of aryl methyl sites for hydroxylation is 1. The first kappa shape index (κ1) is 23.6. The van der Waals surface area contributed by atoms with Crippen LogP contribution in [-0.2, 0) is 20.0 Å². The van der Waals surface area contributed by atoms with E-state index >= 15 is 0 Å². The van der Waals surface area contributed by atoms with E-state index in [1.165, 1.54) is 36.4 Å². The van der Waals surface area contributed by atoms with Crippen molar-refractivity contribution < 1.29 is 21.6 Å². The zero-order chi connectivity index (χ0) is 24.3. The largest absolute Gasteiger partial charge is 0.436 e. The summed E-state index contributed by atoms with van der Waals surface area (Å²) in [5.74, 6) is 0.0936. The van der Waals surface area contributed by atoms with Crippen LogP contribution >= 0.6 is 0 Å². The normalized spacial score (nSPS) is 11.9. The Balaban J connectivity index is 1.71. The third-order valence-electron chi connectivity index (χ3n) is 4.78. The van der Waals surface area contributed by atoms with E-state index in [1.54, 1.807) is 43.3 Å². The molecule has 1 aromatic heterocycles. The lowest BCUT2D eigenvalue weighted by molar-refractivity contribution is 0.465. The van der Waals surface area contributed by atoms with E-state index in [1.807, 2.05) is 6.92 Å². The second kappa shape index (κ2) is 9.37. The lowest BCUT2D eigenvalue weighted by Crippen LogP contribution is -2.22. The van der Waals surface area contributed by atoms with Gasteiger partial charge in [0.05, 0.1) is 20.8 Å². The molecular formula is C23H22N4O5S2. The summed E-state index contributed by atoms with van der Waals surface area (Å²) in [6.45, 7) is 3.81. The number of ether oxygens (including phenoxy) is 1. The molecule has 2 N–H and O–H groups in total. The molecule has 0 aliphatic heterocycles. The van der Waals surface area contributed by atoms with E-state index in [0.717, 1.165) is 5.56 Å². The molecule has 0 saturated heterocycles. The van der Waals surface area contributed by atoms with Gasteiger partial charge in [0.25, 0.3) is 15.9 Å². The lowest BCUT2D eigenvalue weighted by atomic mass is 10.2. The number of anilines is 1. The van der Waals surface area contributed by atoms with Crippen LogP contribution in [0.25, 0.3) is 11.0 Å². The van der Waals surface area contributed by atoms with Crippen LogP contribution in [0.2, 0.25) is 0 Å². The number of fused-ring (bicyclic) bond motifs is 1. The van der Waals surface area contributed by atoms with E-state index < -0.39 is 20.0 Å². The Bertz CT molecular complexity index is 1540. The lowest BCUT2D eigenvalue weighted by Gasteiger charge is -2.13. The average molecular weight is 499 g/mol. The highest BCUT2D eigenvalue weighted by Gasteiger charge is 2.20. The van der Waals surface area contributed by atoms with Crippen LogP contribution in [0.4, 0.5) is 5.82 Å². The number of hydrogen-bond donors (Lipinski definition) is 2. The second-order valence-electron chi connectivity index (χ2n) is 7.36. The van der Waals surface area contributed by atoms with Gasteiger partial charge >= 0.3 is 0 Å². The third-order valence-corrected chi connectivity index (χ3v) is 7.70. The fourth-order valence-corrected chi connectivity index (χ4v) is 5.14. The average Bonchev–Trinajstić information content (AvgIpc) is 2.80. The number of nitrogens with one attached hydrogen (secondary N) is 2. The van der Waals surface area contributed by atoms with Gasteiger partial charge in [-0.05, 0) is 55.5 Å². The van der Waals surface area contributed by atoms with Crippen molar-refractivity contribution in [3.05, 3.63) is 78.4 Å². The van der Waals surface area contributed by atoms with Crippen LogP contribution in [-0.4, -0.2) is 33.3 Å². The summed E-state index contributed by atoms with van der Waals surface area (Å²) in [5, 5.41) is 0. The van der Waals surface area contributed by atoms with Crippen LogP contribution in [0.1, 0.15) is 12.5 Å². The molecule has 0 spiro atoms. The SMILES string of the molecule is CCNS(=O)(=O)c1ccc(Oc2nc3ccccc3nc2NS(=O)(=O)c2ccc(C)cc2)cc1. The summed E-state index contributed by atoms with van der Waals surface area (Å²) in [7, 11) is -7.59. The molecule has 3 aromatic carbocycles. The van der Waals surface area contributed by atoms with Crippen molar-refractivity contribution in [1.29, 1.82) is 0 Å². The van der Waals surface area contributed by atoms with Gasteiger partial charge in [-0.1, -0.05) is 36.8 Å². The third kappa shape index (κ3) is 5.16. The first-order valence-electron chi connectivity index (χ1n) is 10.3. The van der Waals surface area contributed by atoms with Gasteiger partial charge in [0.15, 0.2) is 0 Å². The highest BCUT2D eigenvalue weighted by Crippen LogP contribution is 2.30. The maximum atomic E-state index is 13.0. The summed E-state index contributed by atoms with van der Waals surface area (Å²) in [5.41, 5.74) is 1.90. The van der Waals surface area contributed by atoms with E-state index in [4.69, 9.17) is 4.74 Å². The molecule has 4 rings (SSSR count). The molecule has 0 saturated carbocycles. The van der Waals surface area contributed by atoms with Gasteiger partial charge in [-0.3, -0.25) is 4.72 Å². The highest BCUT2D eigenvalue weighted by molar-refractivity contribution is 7.92. The maximum absolute atomic E-state index is 13.0. The van der Waals surface area contributed by atoms with Crippen molar-refractivity contribution in [1.82, 2.24) is 14.7 Å². The predicted molar refractivity (Wildman–Crippen MR) is 129 cm³/mol. The first-order chi connectivity index (χ1) is 16.2. The molecule has 0 aliphatic carbocycles. The van der Waals surface area contributed by atoms with Gasteiger partial charge in [0.1, 0.15) is 5.75 Å². The minimum absolute atomic E-state index is 0.0667. The zero-order valence-electron chi connectivity index (χ0n) is 18.4. The predicted octanol–water partition coefficient (Wildman–Crippen LogP) is 3.83. The van der Waals surface area contributed by atoms with E-state index in [2.05, 4.69) is 19.4 Å². The fraction of sp³-hybridized carbons (Fsp3) is 0.130.